The average molecular weight is 635 g/mol. The number of nitrogens with zero attached hydrogens (tertiary/aromatic N) is 4. The number of carbonyl (C=O) groups is 1. The Balaban J connectivity index is 1.54. The van der Waals surface area contributed by atoms with Crippen LogP contribution in [-0.2, 0) is 11.2 Å². The lowest BCUT2D eigenvalue weighted by molar-refractivity contribution is 0.0824. The third-order valence-corrected chi connectivity index (χ3v) is 8.26. The van der Waals surface area contributed by atoms with Crippen LogP contribution in [0, 0.1) is 17.0 Å². The van der Waals surface area contributed by atoms with Gasteiger partial charge in [-0.2, -0.15) is 4.39 Å². The second-order valence-corrected chi connectivity index (χ2v) is 11.6. The molecule has 3 aromatic carbocycles. The lowest BCUT2D eigenvalue weighted by Crippen LogP contribution is -2.24. The number of phenolic OH excluding ortho intramolecular Hbond substituents is 1. The Morgan fingerprint density at radius 1 is 1.13 bits per heavy atom. The van der Waals surface area contributed by atoms with E-state index in [4.69, 9.17) is 20.6 Å². The molecule has 0 aliphatic carbocycles. The van der Waals surface area contributed by atoms with E-state index < -0.39 is 46.4 Å². The maximum atomic E-state index is 15.7. The molecule has 232 valence electrons. The summed E-state index contributed by atoms with van der Waals surface area (Å²) in [4.78, 5) is 24.7. The zero-order valence-electron chi connectivity index (χ0n) is 24.3. The fourth-order valence-corrected chi connectivity index (χ4v) is 5.73. The van der Waals surface area contributed by atoms with Gasteiger partial charge in [-0.25, -0.2) is 9.37 Å². The van der Waals surface area contributed by atoms with E-state index in [0.717, 1.165) is 0 Å². The lowest BCUT2D eigenvalue weighted by atomic mass is 10.1. The Bertz CT molecular complexity index is 1820. The second kappa shape index (κ2) is 12.9. The van der Waals surface area contributed by atoms with Crippen LogP contribution in [0.4, 0.5) is 8.78 Å². The fraction of sp³-hybridized carbons (Fsp3) is 0.161. The van der Waals surface area contributed by atoms with Crippen molar-refractivity contribution in [2.45, 2.75) is 16.0 Å². The summed E-state index contributed by atoms with van der Waals surface area (Å²) < 4.78 is 55.7. The van der Waals surface area contributed by atoms with Crippen LogP contribution in [0.3, 0.4) is 0 Å². The van der Waals surface area contributed by atoms with Gasteiger partial charge < -0.3 is 29.8 Å². The monoisotopic (exact) mass is 634 g/mol. The summed E-state index contributed by atoms with van der Waals surface area (Å²) in [5.74, 6) is -5.28. The average Bonchev–Trinajstić information content (AvgIpc) is 3.46. The minimum atomic E-state index is -1.81. The van der Waals surface area contributed by atoms with Gasteiger partial charge in [0.15, 0.2) is 27.1 Å². The molecule has 14 heteroatoms. The number of carbonyl (C=O) groups excluding carboxylic acids is 1. The normalized spacial score (nSPS) is 15.1. The number of aromatic hydroxyl groups is 1. The molecule has 11 nitrogen and oxygen atoms in total. The summed E-state index contributed by atoms with van der Waals surface area (Å²) in [5.41, 5.74) is 6.32. The predicted octanol–water partition coefficient (Wildman–Crippen LogP) is 4.82. The van der Waals surface area contributed by atoms with Gasteiger partial charge in [0.05, 0.1) is 11.8 Å². The number of nitrogen functional groups attached to an aromatic ring is 1. The van der Waals surface area contributed by atoms with E-state index in [1.807, 2.05) is 4.90 Å². The van der Waals surface area contributed by atoms with Crippen LogP contribution in [0.5, 0.6) is 28.9 Å². The van der Waals surface area contributed by atoms with E-state index in [1.165, 1.54) is 35.2 Å². The van der Waals surface area contributed by atoms with Crippen LogP contribution in [0.15, 0.2) is 81.6 Å². The van der Waals surface area contributed by atoms with Crippen molar-refractivity contribution in [2.24, 2.45) is 10.7 Å². The molecule has 1 aliphatic rings. The fourth-order valence-electron chi connectivity index (χ4n) is 4.49. The number of aromatic nitrogens is 1. The highest BCUT2D eigenvalue weighted by atomic mass is 32.2. The number of nitrogens with one attached hydrogen (secondary N) is 1. The van der Waals surface area contributed by atoms with Crippen molar-refractivity contribution in [1.29, 1.82) is 5.41 Å². The molecule has 4 aromatic rings. The Morgan fingerprint density at radius 3 is 2.58 bits per heavy atom. The van der Waals surface area contributed by atoms with Crippen molar-refractivity contribution in [3.63, 3.8) is 0 Å². The van der Waals surface area contributed by atoms with Crippen LogP contribution in [0.2, 0.25) is 0 Å². The first-order valence-corrected chi connectivity index (χ1v) is 14.6. The van der Waals surface area contributed by atoms with Gasteiger partial charge in [0, 0.05) is 55.2 Å². The highest BCUT2D eigenvalue weighted by molar-refractivity contribution is 7.91. The summed E-state index contributed by atoms with van der Waals surface area (Å²) in [5, 5.41) is 17.8. The third-order valence-electron chi connectivity index (χ3n) is 6.82. The first kappa shape index (κ1) is 31.4. The molecule has 2 atom stereocenters. The van der Waals surface area contributed by atoms with Gasteiger partial charge in [-0.1, -0.05) is 12.1 Å². The number of amides is 1. The largest absolute Gasteiger partial charge is 0.606 e. The highest BCUT2D eigenvalue weighted by Gasteiger charge is 2.30. The quantitative estimate of drug-likeness (QED) is 0.134. The molecule has 1 amide bonds. The Hall–Kier alpha value is -5.05. The molecular formula is C31H28F2N6O5S. The zero-order valence-corrected chi connectivity index (χ0v) is 25.1. The van der Waals surface area contributed by atoms with E-state index in [1.54, 1.807) is 57.7 Å². The Morgan fingerprint density at radius 2 is 1.89 bits per heavy atom. The number of aliphatic imine (C=N–C) groups is 1. The maximum absolute atomic E-state index is 15.7. The predicted molar refractivity (Wildman–Crippen MR) is 163 cm³/mol. The van der Waals surface area contributed by atoms with Crippen molar-refractivity contribution in [3.05, 3.63) is 95.2 Å². The number of hydrogen-bond acceptors (Lipinski definition) is 9. The van der Waals surface area contributed by atoms with Crippen LogP contribution < -0.4 is 15.2 Å². The van der Waals surface area contributed by atoms with Crippen LogP contribution in [-0.4, -0.2) is 70.1 Å². The molecule has 0 bridgehead atoms. The van der Waals surface area contributed by atoms with Crippen molar-refractivity contribution < 1.29 is 32.7 Å². The first-order valence-electron chi connectivity index (χ1n) is 13.4. The molecule has 1 aromatic heterocycles. The van der Waals surface area contributed by atoms with E-state index in [0.29, 0.717) is 28.1 Å². The van der Waals surface area contributed by atoms with Gasteiger partial charge in [-0.3, -0.25) is 20.1 Å². The van der Waals surface area contributed by atoms with Gasteiger partial charge in [-0.05, 0) is 49.5 Å². The minimum absolute atomic E-state index is 0.0145. The van der Waals surface area contributed by atoms with Crippen LogP contribution in [0.25, 0.3) is 0 Å². The third kappa shape index (κ3) is 6.43. The van der Waals surface area contributed by atoms with E-state index in [-0.39, 0.29) is 34.4 Å². The van der Waals surface area contributed by atoms with E-state index in [2.05, 4.69) is 9.98 Å². The minimum Gasteiger partial charge on any atom is -0.606 e. The summed E-state index contributed by atoms with van der Waals surface area (Å²) in [6.45, 7) is 0.483. The molecule has 4 N–H and O–H groups in total. The van der Waals surface area contributed by atoms with Gasteiger partial charge in [0.25, 0.3) is 11.8 Å². The molecule has 1 aliphatic heterocycles. The van der Waals surface area contributed by atoms with Crippen molar-refractivity contribution >= 4 is 29.1 Å². The number of hydrogen-bond donors (Lipinski definition) is 3. The molecule has 2 heterocycles. The zero-order chi connectivity index (χ0) is 32.4. The van der Waals surface area contributed by atoms with E-state index in [9.17, 15) is 14.5 Å². The van der Waals surface area contributed by atoms with Crippen molar-refractivity contribution in [2.75, 3.05) is 27.7 Å². The number of pyridine rings is 1. The Kier molecular flexibility index (Phi) is 8.99. The molecule has 0 saturated heterocycles. The Labute approximate surface area is 260 Å². The number of amidine groups is 1. The molecule has 0 spiro atoms. The number of ether oxygens (including phenoxy) is 2. The number of benzene rings is 3. The summed E-state index contributed by atoms with van der Waals surface area (Å²) >= 11 is -1.81. The highest BCUT2D eigenvalue weighted by Crippen LogP contribution is 2.41. The van der Waals surface area contributed by atoms with Gasteiger partial charge in [0.1, 0.15) is 17.8 Å². The maximum Gasteiger partial charge on any atom is 0.260 e. The number of rotatable bonds is 9. The summed E-state index contributed by atoms with van der Waals surface area (Å²) in [6.07, 6.45) is 1.73. The molecule has 0 fully saturated rings. The molecule has 0 radical (unpaired) electrons. The number of nitrogens with two attached hydrogens (primary N) is 1. The van der Waals surface area contributed by atoms with Crippen LogP contribution >= 0.6 is 0 Å². The van der Waals surface area contributed by atoms with E-state index >= 15 is 8.78 Å². The molecule has 45 heavy (non-hydrogen) atoms. The first-order chi connectivity index (χ1) is 21.5. The topological polar surface area (TPSA) is 160 Å². The molecule has 2 unspecified atom stereocenters. The molecule has 5 rings (SSSR count). The van der Waals surface area contributed by atoms with Crippen molar-refractivity contribution in [3.8, 4) is 28.9 Å². The smallest absolute Gasteiger partial charge is 0.260 e. The molecule has 0 saturated carbocycles. The summed E-state index contributed by atoms with van der Waals surface area (Å²) in [7, 11) is 4.98. The summed E-state index contributed by atoms with van der Waals surface area (Å²) in [6, 6.07) is 14.8. The molecular weight excluding hydrogens is 606 g/mol. The number of phenols is 1. The van der Waals surface area contributed by atoms with Gasteiger partial charge >= 0.3 is 0 Å². The lowest BCUT2D eigenvalue weighted by Gasteiger charge is -2.22. The van der Waals surface area contributed by atoms with Gasteiger partial charge in [0.2, 0.25) is 11.6 Å². The second-order valence-electron chi connectivity index (χ2n) is 10.2. The SMILES string of the molecule is CN(C)C(=O)c1ccccc1[S+]([O-])c1ccc(Oc2c(F)cnc(Oc3cc(C(=N)N)ccc3O)c2F)c(C2N=CCN2C)c1. The standard InChI is InChI=1S/C31H28F2N6O5S/c1-38(2)31(41)19-6-4-5-7-25(19)45(42)18-9-11-23(20(15-18)29-36-12-13-39(29)3)43-27-21(32)16-37-30(26(27)33)44-24-14-17(28(34)35)8-10-22(24)40/h4-12,14-16,29,40H,13H2,1-3H3,(H3,34,35). The number of halogens is 2. The van der Waals surface area contributed by atoms with Gasteiger partial charge in [-0.15, -0.1) is 0 Å². The van der Waals surface area contributed by atoms with Crippen molar-refractivity contribution in [1.82, 2.24) is 14.8 Å². The van der Waals surface area contributed by atoms with Crippen LogP contribution in [0.1, 0.15) is 27.7 Å².